The van der Waals surface area contributed by atoms with Gasteiger partial charge in [0.15, 0.2) is 0 Å². The van der Waals surface area contributed by atoms with E-state index in [2.05, 4.69) is 35.9 Å². The Morgan fingerprint density at radius 3 is 2.34 bits per heavy atom. The summed E-state index contributed by atoms with van der Waals surface area (Å²) < 4.78 is 11.1. The molecular formula is C27H28N4O4. The van der Waals surface area contributed by atoms with Gasteiger partial charge in [-0.1, -0.05) is 68.4 Å². The van der Waals surface area contributed by atoms with Crippen LogP contribution in [0.15, 0.2) is 65.2 Å². The van der Waals surface area contributed by atoms with Crippen molar-refractivity contribution >= 4 is 11.9 Å². The lowest BCUT2D eigenvalue weighted by Crippen LogP contribution is -2.28. The summed E-state index contributed by atoms with van der Waals surface area (Å²) in [7, 11) is 1.55. The lowest BCUT2D eigenvalue weighted by molar-refractivity contribution is 0.0991. The first-order chi connectivity index (χ1) is 16.6. The highest BCUT2D eigenvalue weighted by Gasteiger charge is 2.25. The molecule has 2 heterocycles. The van der Waals surface area contributed by atoms with Crippen LogP contribution in [0, 0.1) is 6.92 Å². The van der Waals surface area contributed by atoms with Gasteiger partial charge in [0.1, 0.15) is 23.8 Å². The highest BCUT2D eigenvalue weighted by atomic mass is 16.5. The summed E-state index contributed by atoms with van der Waals surface area (Å²) in [4.78, 5) is 23.1. The summed E-state index contributed by atoms with van der Waals surface area (Å²) in [6.45, 7) is 8.28. The van der Waals surface area contributed by atoms with Crippen LogP contribution in [-0.4, -0.2) is 33.2 Å². The minimum Gasteiger partial charge on any atom is -0.491 e. The predicted molar refractivity (Wildman–Crippen MR) is 133 cm³/mol. The summed E-state index contributed by atoms with van der Waals surface area (Å²) in [5.74, 6) is -0.0807. The van der Waals surface area contributed by atoms with Gasteiger partial charge in [-0.2, -0.15) is 4.98 Å². The lowest BCUT2D eigenvalue weighted by Gasteiger charge is -2.20. The number of nitrogens with zero attached hydrogens (tertiary/aromatic N) is 4. The molecule has 1 N–H and O–H groups in total. The van der Waals surface area contributed by atoms with Crippen LogP contribution >= 0.6 is 0 Å². The Morgan fingerprint density at radius 2 is 1.74 bits per heavy atom. The molecule has 2 aromatic heterocycles. The summed E-state index contributed by atoms with van der Waals surface area (Å²) >= 11 is 0. The third-order valence-corrected chi connectivity index (χ3v) is 5.53. The number of carbonyl (C=O) groups excluding carboxylic acids is 1. The van der Waals surface area contributed by atoms with Gasteiger partial charge in [-0.05, 0) is 35.6 Å². The minimum atomic E-state index is -0.399. The van der Waals surface area contributed by atoms with Crippen LogP contribution in [0.1, 0.15) is 48.0 Å². The molecular weight excluding hydrogens is 444 g/mol. The van der Waals surface area contributed by atoms with Crippen molar-refractivity contribution < 1.29 is 19.2 Å². The Hall–Kier alpha value is -4.20. The van der Waals surface area contributed by atoms with E-state index in [0.29, 0.717) is 17.0 Å². The molecule has 0 aliphatic heterocycles. The maximum Gasteiger partial charge on any atom is 0.260 e. The summed E-state index contributed by atoms with van der Waals surface area (Å²) in [5, 5.41) is 14.8. The number of anilines is 1. The average molecular weight is 473 g/mol. The molecule has 1 amide bonds. The van der Waals surface area contributed by atoms with Gasteiger partial charge in [0.05, 0.1) is 0 Å². The maximum absolute atomic E-state index is 13.2. The van der Waals surface area contributed by atoms with Crippen molar-refractivity contribution in [3.63, 3.8) is 0 Å². The standard InChI is InChI=1S/C27H28N4O4/c1-17-15-21(30-35-17)22-23(34-16-18-9-7-6-8-10-18)24(32)29-26(28-22)31(5)25(33)19-11-13-20(14-12-19)27(2,3)4/h6-15H,16H2,1-5H3,(H,28,29,32). The number of ether oxygens (including phenoxy) is 1. The number of carbonyl (C=O) groups is 1. The highest BCUT2D eigenvalue weighted by Crippen LogP contribution is 2.37. The molecule has 2 aromatic carbocycles. The monoisotopic (exact) mass is 472 g/mol. The van der Waals surface area contributed by atoms with Crippen LogP contribution in [0.5, 0.6) is 11.6 Å². The first-order valence-corrected chi connectivity index (χ1v) is 11.2. The molecule has 4 rings (SSSR count). The highest BCUT2D eigenvalue weighted by molar-refractivity contribution is 6.05. The van der Waals surface area contributed by atoms with Crippen molar-refractivity contribution in [1.29, 1.82) is 0 Å². The molecule has 8 heteroatoms. The third kappa shape index (κ3) is 5.32. The van der Waals surface area contributed by atoms with Crippen molar-refractivity contribution in [2.75, 3.05) is 11.9 Å². The number of benzene rings is 2. The fourth-order valence-electron chi connectivity index (χ4n) is 3.49. The van der Waals surface area contributed by atoms with Gasteiger partial charge in [0.25, 0.3) is 11.8 Å². The van der Waals surface area contributed by atoms with Gasteiger partial charge >= 0.3 is 0 Å². The van der Waals surface area contributed by atoms with Crippen molar-refractivity contribution in [2.24, 2.45) is 0 Å². The van der Waals surface area contributed by atoms with Crippen LogP contribution in [-0.2, 0) is 12.0 Å². The number of amides is 1. The van der Waals surface area contributed by atoms with E-state index >= 15 is 0 Å². The van der Waals surface area contributed by atoms with Crippen LogP contribution in [0.4, 0.5) is 5.95 Å². The number of rotatable bonds is 6. The van der Waals surface area contributed by atoms with Crippen molar-refractivity contribution in [3.05, 3.63) is 83.1 Å². The SMILES string of the molecule is Cc1cc(-c2nc(N(C)C(=O)c3ccc(C(C)(C)C)cc3)nc(O)c2OCc2ccccc2)no1. The zero-order chi connectivity index (χ0) is 25.2. The van der Waals surface area contributed by atoms with Crippen molar-refractivity contribution in [3.8, 4) is 23.0 Å². The quantitative estimate of drug-likeness (QED) is 0.406. The molecule has 0 radical (unpaired) electrons. The smallest absolute Gasteiger partial charge is 0.260 e. The molecule has 0 fully saturated rings. The predicted octanol–water partition coefficient (Wildman–Crippen LogP) is 5.30. The lowest BCUT2D eigenvalue weighted by atomic mass is 9.86. The Labute approximate surface area is 204 Å². The molecule has 0 aliphatic carbocycles. The molecule has 4 aromatic rings. The van der Waals surface area contributed by atoms with Crippen LogP contribution in [0.3, 0.4) is 0 Å². The van der Waals surface area contributed by atoms with E-state index in [1.54, 1.807) is 32.2 Å². The van der Waals surface area contributed by atoms with Crippen molar-refractivity contribution in [2.45, 2.75) is 39.7 Å². The molecule has 0 spiro atoms. The zero-order valence-corrected chi connectivity index (χ0v) is 20.4. The maximum atomic E-state index is 13.2. The largest absolute Gasteiger partial charge is 0.491 e. The first kappa shape index (κ1) is 23.9. The van der Waals surface area contributed by atoms with Crippen molar-refractivity contribution in [1.82, 2.24) is 15.1 Å². The van der Waals surface area contributed by atoms with E-state index in [0.717, 1.165) is 11.1 Å². The van der Waals surface area contributed by atoms with Gasteiger partial charge < -0.3 is 14.4 Å². The molecule has 0 atom stereocenters. The van der Waals surface area contributed by atoms with Gasteiger partial charge in [0, 0.05) is 18.7 Å². The number of hydrogen-bond donors (Lipinski definition) is 1. The molecule has 180 valence electrons. The number of hydrogen-bond acceptors (Lipinski definition) is 7. The Bertz CT molecular complexity index is 1330. The molecule has 8 nitrogen and oxygen atoms in total. The van der Waals surface area contributed by atoms with Gasteiger partial charge in [-0.3, -0.25) is 9.69 Å². The van der Waals surface area contributed by atoms with E-state index < -0.39 is 5.88 Å². The van der Waals surface area contributed by atoms with E-state index in [1.807, 2.05) is 42.5 Å². The second-order valence-electron chi connectivity index (χ2n) is 9.31. The Balaban J connectivity index is 1.67. The molecule has 0 aliphatic rings. The topological polar surface area (TPSA) is 102 Å². The second-order valence-corrected chi connectivity index (χ2v) is 9.31. The minimum absolute atomic E-state index is 0.00936. The summed E-state index contributed by atoms with van der Waals surface area (Å²) in [5.41, 5.74) is 3.07. The Kier molecular flexibility index (Phi) is 6.55. The fraction of sp³-hybridized carbons (Fsp3) is 0.259. The summed E-state index contributed by atoms with van der Waals surface area (Å²) in [6.07, 6.45) is 0. The van der Waals surface area contributed by atoms with E-state index in [-0.39, 0.29) is 35.3 Å². The molecule has 0 bridgehead atoms. The molecule has 0 unspecified atom stereocenters. The van der Waals surface area contributed by atoms with Gasteiger partial charge in [0.2, 0.25) is 11.7 Å². The van der Waals surface area contributed by atoms with Crippen LogP contribution in [0.25, 0.3) is 11.4 Å². The average Bonchev–Trinajstić information content (AvgIpc) is 3.28. The number of aromatic nitrogens is 3. The van der Waals surface area contributed by atoms with Gasteiger partial charge in [-0.25, -0.2) is 4.98 Å². The fourth-order valence-corrected chi connectivity index (χ4v) is 3.49. The second kappa shape index (κ2) is 9.58. The van der Waals surface area contributed by atoms with Crippen LogP contribution < -0.4 is 9.64 Å². The zero-order valence-electron chi connectivity index (χ0n) is 20.4. The summed E-state index contributed by atoms with van der Waals surface area (Å²) in [6, 6.07) is 18.6. The van der Waals surface area contributed by atoms with Crippen LogP contribution in [0.2, 0.25) is 0 Å². The van der Waals surface area contributed by atoms with E-state index in [4.69, 9.17) is 9.26 Å². The molecule has 0 saturated carbocycles. The number of aryl methyl sites for hydroxylation is 1. The van der Waals surface area contributed by atoms with Gasteiger partial charge in [-0.15, -0.1) is 0 Å². The molecule has 0 saturated heterocycles. The van der Waals surface area contributed by atoms with E-state index in [1.165, 1.54) is 4.90 Å². The number of aromatic hydroxyl groups is 1. The van der Waals surface area contributed by atoms with E-state index in [9.17, 15) is 9.90 Å². The normalized spacial score (nSPS) is 11.3. The third-order valence-electron chi connectivity index (χ3n) is 5.53. The molecule has 35 heavy (non-hydrogen) atoms. The first-order valence-electron chi connectivity index (χ1n) is 11.2. The Morgan fingerprint density at radius 1 is 1.06 bits per heavy atom.